The Labute approximate surface area is 147 Å². The quantitative estimate of drug-likeness (QED) is 0.655. The lowest BCUT2D eigenvalue weighted by molar-refractivity contribution is 0.214. The summed E-state index contributed by atoms with van der Waals surface area (Å²) in [6, 6.07) is 8.47. The molecule has 0 aliphatic carbocycles. The third kappa shape index (κ3) is 6.40. The van der Waals surface area contributed by atoms with Crippen molar-refractivity contribution in [3.8, 4) is 5.75 Å². The first-order valence-corrected chi connectivity index (χ1v) is 9.13. The van der Waals surface area contributed by atoms with Crippen molar-refractivity contribution in [2.24, 2.45) is 0 Å². The van der Waals surface area contributed by atoms with Crippen molar-refractivity contribution in [1.29, 1.82) is 0 Å². The zero-order valence-electron chi connectivity index (χ0n) is 15.3. The van der Waals surface area contributed by atoms with Gasteiger partial charge in [0.2, 0.25) is 0 Å². The van der Waals surface area contributed by atoms with Crippen LogP contribution < -0.4 is 4.74 Å². The number of benzene rings is 1. The van der Waals surface area contributed by atoms with Gasteiger partial charge in [0.25, 0.3) is 0 Å². The maximum Gasteiger partial charge on any atom is 0.119 e. The van der Waals surface area contributed by atoms with Crippen molar-refractivity contribution in [3.63, 3.8) is 0 Å². The van der Waals surface area contributed by atoms with Gasteiger partial charge in [-0.2, -0.15) is 0 Å². The Morgan fingerprint density at radius 3 is 2.46 bits per heavy atom. The van der Waals surface area contributed by atoms with E-state index in [1.807, 2.05) is 12.2 Å². The van der Waals surface area contributed by atoms with Crippen molar-refractivity contribution in [2.75, 3.05) is 33.3 Å². The minimum absolute atomic E-state index is 0.778. The van der Waals surface area contributed by atoms with Crippen LogP contribution in [-0.2, 0) is 6.54 Å². The number of likely N-dealkylation sites (tertiary alicyclic amines) is 1. The molecule has 0 saturated carbocycles. The van der Waals surface area contributed by atoms with E-state index in [0.29, 0.717) is 0 Å². The highest BCUT2D eigenvalue weighted by Gasteiger charge is 2.08. The molecule has 0 bridgehead atoms. The number of allylic oxidation sites excluding steroid dienone is 3. The van der Waals surface area contributed by atoms with Gasteiger partial charge in [-0.15, -0.1) is 0 Å². The molecule has 1 aliphatic heterocycles. The van der Waals surface area contributed by atoms with Crippen LogP contribution >= 0.6 is 0 Å². The van der Waals surface area contributed by atoms with Crippen LogP contribution in [0.1, 0.15) is 38.2 Å². The van der Waals surface area contributed by atoms with Crippen LogP contribution in [0.2, 0.25) is 0 Å². The topological polar surface area (TPSA) is 15.7 Å². The van der Waals surface area contributed by atoms with Crippen LogP contribution in [0.3, 0.4) is 0 Å². The fraction of sp³-hybridized carbons (Fsp3) is 0.524. The van der Waals surface area contributed by atoms with Gasteiger partial charge in [-0.05, 0) is 56.6 Å². The van der Waals surface area contributed by atoms with Gasteiger partial charge in [-0.3, -0.25) is 4.90 Å². The molecule has 1 heterocycles. The molecule has 24 heavy (non-hydrogen) atoms. The summed E-state index contributed by atoms with van der Waals surface area (Å²) >= 11 is 0. The molecule has 0 atom stereocenters. The molecule has 0 radical (unpaired) electrons. The lowest BCUT2D eigenvalue weighted by Gasteiger charge is -2.20. The molecular formula is C21H32N2O. The summed E-state index contributed by atoms with van der Waals surface area (Å²) in [7, 11) is 2.10. The van der Waals surface area contributed by atoms with E-state index >= 15 is 0 Å². The minimum atomic E-state index is 0.778. The number of hydrogen-bond donors (Lipinski definition) is 0. The van der Waals surface area contributed by atoms with E-state index in [4.69, 9.17) is 4.74 Å². The van der Waals surface area contributed by atoms with Crippen LogP contribution in [0.4, 0.5) is 0 Å². The smallest absolute Gasteiger partial charge is 0.119 e. The number of rotatable bonds is 8. The van der Waals surface area contributed by atoms with Crippen LogP contribution in [0, 0.1) is 0 Å². The maximum absolute atomic E-state index is 5.92. The van der Waals surface area contributed by atoms with E-state index < -0.39 is 0 Å². The average molecular weight is 329 g/mol. The van der Waals surface area contributed by atoms with Gasteiger partial charge in [0.05, 0.1) is 0 Å². The first-order chi connectivity index (χ1) is 11.7. The van der Waals surface area contributed by atoms with Gasteiger partial charge in [0.15, 0.2) is 0 Å². The third-order valence-electron chi connectivity index (χ3n) is 4.68. The second-order valence-corrected chi connectivity index (χ2v) is 6.65. The molecule has 0 N–H and O–H groups in total. The first kappa shape index (κ1) is 18.6. The summed E-state index contributed by atoms with van der Waals surface area (Å²) in [5.41, 5.74) is 2.50. The highest BCUT2D eigenvalue weighted by atomic mass is 16.5. The van der Waals surface area contributed by atoms with Crippen LogP contribution in [0.15, 0.2) is 48.7 Å². The van der Waals surface area contributed by atoms with Crippen molar-refractivity contribution >= 4 is 0 Å². The monoisotopic (exact) mass is 328 g/mol. The second-order valence-electron chi connectivity index (χ2n) is 6.65. The highest BCUT2D eigenvalue weighted by molar-refractivity contribution is 5.27. The Morgan fingerprint density at radius 1 is 1.17 bits per heavy atom. The zero-order chi connectivity index (χ0) is 17.2. The van der Waals surface area contributed by atoms with E-state index in [2.05, 4.69) is 54.6 Å². The molecule has 1 aromatic rings. The molecule has 3 nitrogen and oxygen atoms in total. The first-order valence-electron chi connectivity index (χ1n) is 9.13. The van der Waals surface area contributed by atoms with Crippen molar-refractivity contribution in [1.82, 2.24) is 9.80 Å². The number of nitrogens with zero attached hydrogens (tertiary/aromatic N) is 2. The van der Waals surface area contributed by atoms with E-state index in [9.17, 15) is 0 Å². The summed E-state index contributed by atoms with van der Waals surface area (Å²) in [5.74, 6) is 0.967. The fourth-order valence-corrected chi connectivity index (χ4v) is 3.04. The summed E-state index contributed by atoms with van der Waals surface area (Å²) in [5, 5.41) is 0. The van der Waals surface area contributed by atoms with Gasteiger partial charge in [0, 0.05) is 25.8 Å². The van der Waals surface area contributed by atoms with Crippen LogP contribution in [0.25, 0.3) is 0 Å². The Hall–Kier alpha value is -1.74. The minimum Gasteiger partial charge on any atom is -0.492 e. The lowest BCUT2D eigenvalue weighted by atomic mass is 10.2. The van der Waals surface area contributed by atoms with E-state index in [1.165, 1.54) is 50.0 Å². The molecule has 1 aliphatic rings. The molecule has 1 saturated heterocycles. The van der Waals surface area contributed by atoms with Gasteiger partial charge in [0.1, 0.15) is 12.4 Å². The Morgan fingerprint density at radius 2 is 1.83 bits per heavy atom. The van der Waals surface area contributed by atoms with E-state index in [1.54, 1.807) is 0 Å². The summed E-state index contributed by atoms with van der Waals surface area (Å²) in [6.07, 6.45) is 9.29. The summed E-state index contributed by atoms with van der Waals surface area (Å²) in [6.45, 7) is 11.0. The van der Waals surface area contributed by atoms with Crippen molar-refractivity contribution in [3.05, 3.63) is 54.3 Å². The SMILES string of the molecule is C=C/C=C(\C)N(C)Cc1ccc(OCCN2CCCCCC2)cc1. The zero-order valence-corrected chi connectivity index (χ0v) is 15.3. The highest BCUT2D eigenvalue weighted by Crippen LogP contribution is 2.15. The number of hydrogen-bond acceptors (Lipinski definition) is 3. The fourth-order valence-electron chi connectivity index (χ4n) is 3.04. The number of ether oxygens (including phenoxy) is 1. The maximum atomic E-state index is 5.92. The van der Waals surface area contributed by atoms with Gasteiger partial charge >= 0.3 is 0 Å². The average Bonchev–Trinajstić information content (AvgIpc) is 2.85. The molecule has 0 aromatic heterocycles. The van der Waals surface area contributed by atoms with Gasteiger partial charge in [-0.25, -0.2) is 0 Å². The van der Waals surface area contributed by atoms with E-state index in [0.717, 1.165) is 25.4 Å². The molecule has 132 valence electrons. The molecule has 1 fully saturated rings. The predicted molar refractivity (Wildman–Crippen MR) is 102 cm³/mol. The lowest BCUT2D eigenvalue weighted by Crippen LogP contribution is -2.29. The molecule has 2 rings (SSSR count). The normalized spacial score (nSPS) is 16.5. The van der Waals surface area contributed by atoms with Gasteiger partial charge < -0.3 is 9.64 Å². The largest absolute Gasteiger partial charge is 0.492 e. The van der Waals surface area contributed by atoms with Crippen LogP contribution in [0.5, 0.6) is 5.75 Å². The Balaban J connectivity index is 1.75. The molecular weight excluding hydrogens is 296 g/mol. The standard InChI is InChI=1S/C21H32N2O/c1-4-9-19(2)22(3)18-20-10-12-21(13-11-20)24-17-16-23-14-7-5-6-8-15-23/h4,9-13H,1,5-8,14-18H2,2-3H3/b19-9+. The molecule has 3 heteroatoms. The summed E-state index contributed by atoms with van der Waals surface area (Å²) < 4.78 is 5.92. The molecule has 0 amide bonds. The molecule has 1 aromatic carbocycles. The molecule has 0 unspecified atom stereocenters. The van der Waals surface area contributed by atoms with Gasteiger partial charge in [-0.1, -0.05) is 37.6 Å². The third-order valence-corrected chi connectivity index (χ3v) is 4.68. The molecule has 0 spiro atoms. The Kier molecular flexibility index (Phi) is 7.90. The van der Waals surface area contributed by atoms with E-state index in [-0.39, 0.29) is 0 Å². The van der Waals surface area contributed by atoms with Crippen molar-refractivity contribution in [2.45, 2.75) is 39.2 Å². The predicted octanol–water partition coefficient (Wildman–Crippen LogP) is 4.46. The second kappa shape index (κ2) is 10.2. The summed E-state index contributed by atoms with van der Waals surface area (Å²) in [4.78, 5) is 4.75. The van der Waals surface area contributed by atoms with Crippen molar-refractivity contribution < 1.29 is 4.74 Å². The van der Waals surface area contributed by atoms with Crippen LogP contribution in [-0.4, -0.2) is 43.1 Å². The Bertz CT molecular complexity index is 513.